The maximum atomic E-state index is 13.7. The fraction of sp³-hybridized carbons (Fsp3) is 0.321. The standard InChI is InChI=1S/C28H29F2N3O/c29-25-9-5-21(6-10-25)19-31-27(34)28(17-23-3-1-2-4-24(23)18-28)33-15-13-32(14-16-33)20-22-7-11-26(30)12-8-22/h1-12H,13-20H2,(H,31,34). The number of amides is 1. The van der Waals surface area contributed by atoms with Gasteiger partial charge in [-0.15, -0.1) is 0 Å². The molecule has 0 spiro atoms. The van der Waals surface area contributed by atoms with Crippen LogP contribution in [0, 0.1) is 11.6 Å². The molecule has 6 heteroatoms. The second-order valence-corrected chi connectivity index (χ2v) is 9.35. The van der Waals surface area contributed by atoms with Crippen LogP contribution < -0.4 is 5.32 Å². The first kappa shape index (κ1) is 22.7. The number of benzene rings is 3. The van der Waals surface area contributed by atoms with Crippen molar-refractivity contribution in [3.63, 3.8) is 0 Å². The Balaban J connectivity index is 1.29. The average molecular weight is 462 g/mol. The van der Waals surface area contributed by atoms with E-state index >= 15 is 0 Å². The third-order valence-electron chi connectivity index (χ3n) is 7.17. The number of fused-ring (bicyclic) bond motifs is 1. The monoisotopic (exact) mass is 461 g/mol. The maximum absolute atomic E-state index is 13.7. The molecule has 1 aliphatic carbocycles. The van der Waals surface area contributed by atoms with Crippen molar-refractivity contribution in [3.8, 4) is 0 Å². The minimum absolute atomic E-state index is 0.0278. The number of nitrogens with one attached hydrogen (secondary N) is 1. The molecular formula is C28H29F2N3O. The van der Waals surface area contributed by atoms with Crippen molar-refractivity contribution in [1.82, 2.24) is 15.1 Å². The lowest BCUT2D eigenvalue weighted by molar-refractivity contribution is -0.135. The summed E-state index contributed by atoms with van der Waals surface area (Å²) in [7, 11) is 0. The number of nitrogens with zero attached hydrogens (tertiary/aromatic N) is 2. The Morgan fingerprint density at radius 2 is 1.29 bits per heavy atom. The molecule has 34 heavy (non-hydrogen) atoms. The topological polar surface area (TPSA) is 35.6 Å². The minimum atomic E-state index is -0.619. The summed E-state index contributed by atoms with van der Waals surface area (Å²) >= 11 is 0. The van der Waals surface area contributed by atoms with Crippen molar-refractivity contribution in [3.05, 3.63) is 107 Å². The van der Waals surface area contributed by atoms with Crippen molar-refractivity contribution in [1.29, 1.82) is 0 Å². The Labute approximate surface area is 199 Å². The summed E-state index contributed by atoms with van der Waals surface area (Å²) in [5.74, 6) is -0.473. The van der Waals surface area contributed by atoms with Crippen LogP contribution in [-0.2, 0) is 30.7 Å². The number of halogens is 2. The maximum Gasteiger partial charge on any atom is 0.241 e. The van der Waals surface area contributed by atoms with Gasteiger partial charge in [0.2, 0.25) is 5.91 Å². The van der Waals surface area contributed by atoms with Gasteiger partial charge in [0.1, 0.15) is 17.2 Å². The highest BCUT2D eigenvalue weighted by molar-refractivity contribution is 5.88. The average Bonchev–Trinajstić information content (AvgIpc) is 3.26. The molecule has 1 amide bonds. The molecule has 1 heterocycles. The van der Waals surface area contributed by atoms with E-state index in [1.54, 1.807) is 12.1 Å². The summed E-state index contributed by atoms with van der Waals surface area (Å²) in [6, 6.07) is 21.2. The number of carbonyl (C=O) groups excluding carboxylic acids is 1. The molecule has 0 atom stereocenters. The van der Waals surface area contributed by atoms with Crippen LogP contribution in [-0.4, -0.2) is 47.4 Å². The Kier molecular flexibility index (Phi) is 6.44. The molecule has 0 unspecified atom stereocenters. The Morgan fingerprint density at radius 3 is 1.85 bits per heavy atom. The van der Waals surface area contributed by atoms with Gasteiger partial charge in [-0.1, -0.05) is 48.5 Å². The van der Waals surface area contributed by atoms with E-state index in [1.165, 1.54) is 35.4 Å². The Morgan fingerprint density at radius 1 is 0.765 bits per heavy atom. The number of carbonyl (C=O) groups is 1. The van der Waals surface area contributed by atoms with Gasteiger partial charge in [-0.25, -0.2) is 8.78 Å². The fourth-order valence-electron chi connectivity index (χ4n) is 5.25. The molecule has 1 fully saturated rings. The Hall–Kier alpha value is -3.09. The van der Waals surface area contributed by atoms with Crippen LogP contribution in [0.4, 0.5) is 8.78 Å². The normalized spacial score (nSPS) is 17.9. The van der Waals surface area contributed by atoms with E-state index in [9.17, 15) is 13.6 Å². The van der Waals surface area contributed by atoms with Crippen molar-refractivity contribution < 1.29 is 13.6 Å². The van der Waals surface area contributed by atoms with E-state index in [4.69, 9.17) is 0 Å². The molecule has 1 aliphatic heterocycles. The second-order valence-electron chi connectivity index (χ2n) is 9.35. The highest BCUT2D eigenvalue weighted by Gasteiger charge is 2.48. The third kappa shape index (κ3) is 4.74. The summed E-state index contributed by atoms with van der Waals surface area (Å²) < 4.78 is 26.5. The molecule has 3 aromatic carbocycles. The van der Waals surface area contributed by atoms with E-state index in [1.807, 2.05) is 24.3 Å². The van der Waals surface area contributed by atoms with E-state index in [0.29, 0.717) is 19.4 Å². The summed E-state index contributed by atoms with van der Waals surface area (Å²) in [6.45, 7) is 4.43. The van der Waals surface area contributed by atoms with Crippen LogP contribution in [0.15, 0.2) is 72.8 Å². The largest absolute Gasteiger partial charge is 0.350 e. The number of hydrogen-bond donors (Lipinski definition) is 1. The van der Waals surface area contributed by atoms with Crippen LogP contribution in [0.3, 0.4) is 0 Å². The van der Waals surface area contributed by atoms with Crippen LogP contribution in [0.2, 0.25) is 0 Å². The lowest BCUT2D eigenvalue weighted by Gasteiger charge is -2.45. The molecule has 176 valence electrons. The van der Waals surface area contributed by atoms with E-state index in [0.717, 1.165) is 43.9 Å². The zero-order chi connectivity index (χ0) is 23.5. The SMILES string of the molecule is O=C(NCc1ccc(F)cc1)C1(N2CCN(Cc3ccc(F)cc3)CC2)Cc2ccccc2C1. The van der Waals surface area contributed by atoms with Crippen LogP contribution in [0.5, 0.6) is 0 Å². The Bertz CT molecular complexity index is 1110. The molecule has 1 N–H and O–H groups in total. The van der Waals surface area contributed by atoms with Crippen LogP contribution in [0.1, 0.15) is 22.3 Å². The van der Waals surface area contributed by atoms with Gasteiger partial charge in [0, 0.05) is 52.1 Å². The zero-order valence-corrected chi connectivity index (χ0v) is 19.1. The molecule has 3 aromatic rings. The summed E-state index contributed by atoms with van der Waals surface area (Å²) in [5.41, 5.74) is 3.81. The van der Waals surface area contributed by atoms with Gasteiger partial charge in [0.15, 0.2) is 0 Å². The molecule has 0 bridgehead atoms. The summed E-state index contributed by atoms with van der Waals surface area (Å²) in [6.07, 6.45) is 1.38. The molecule has 0 saturated carbocycles. The number of piperazine rings is 1. The molecule has 4 nitrogen and oxygen atoms in total. The van der Waals surface area contributed by atoms with Gasteiger partial charge < -0.3 is 5.32 Å². The molecule has 1 saturated heterocycles. The second kappa shape index (κ2) is 9.65. The van der Waals surface area contributed by atoms with Crippen molar-refractivity contribution in [2.75, 3.05) is 26.2 Å². The van der Waals surface area contributed by atoms with Gasteiger partial charge in [0.05, 0.1) is 0 Å². The first-order chi connectivity index (χ1) is 16.5. The predicted octanol–water partition coefficient (Wildman–Crippen LogP) is 3.94. The number of hydrogen-bond acceptors (Lipinski definition) is 3. The zero-order valence-electron chi connectivity index (χ0n) is 19.1. The van der Waals surface area contributed by atoms with Crippen LogP contribution in [0.25, 0.3) is 0 Å². The molecular weight excluding hydrogens is 432 g/mol. The lowest BCUT2D eigenvalue weighted by Crippen LogP contribution is -2.64. The first-order valence-corrected chi connectivity index (χ1v) is 11.8. The molecule has 0 radical (unpaired) electrons. The third-order valence-corrected chi connectivity index (χ3v) is 7.17. The molecule has 5 rings (SSSR count). The van der Waals surface area contributed by atoms with E-state index in [2.05, 4.69) is 27.2 Å². The lowest BCUT2D eigenvalue weighted by atomic mass is 9.90. The van der Waals surface area contributed by atoms with E-state index in [-0.39, 0.29) is 17.5 Å². The van der Waals surface area contributed by atoms with Gasteiger partial charge in [-0.3, -0.25) is 14.6 Å². The van der Waals surface area contributed by atoms with Gasteiger partial charge in [-0.2, -0.15) is 0 Å². The van der Waals surface area contributed by atoms with Crippen molar-refractivity contribution in [2.45, 2.75) is 31.5 Å². The van der Waals surface area contributed by atoms with E-state index < -0.39 is 5.54 Å². The van der Waals surface area contributed by atoms with Crippen molar-refractivity contribution in [2.24, 2.45) is 0 Å². The molecule has 2 aliphatic rings. The quantitative estimate of drug-likeness (QED) is 0.604. The minimum Gasteiger partial charge on any atom is -0.350 e. The highest BCUT2D eigenvalue weighted by atomic mass is 19.1. The smallest absolute Gasteiger partial charge is 0.241 e. The van der Waals surface area contributed by atoms with Crippen LogP contribution >= 0.6 is 0 Å². The van der Waals surface area contributed by atoms with Gasteiger partial charge >= 0.3 is 0 Å². The summed E-state index contributed by atoms with van der Waals surface area (Å²) in [4.78, 5) is 18.4. The predicted molar refractivity (Wildman–Crippen MR) is 128 cm³/mol. The highest BCUT2D eigenvalue weighted by Crippen LogP contribution is 2.36. The van der Waals surface area contributed by atoms with Gasteiger partial charge in [-0.05, 0) is 46.5 Å². The first-order valence-electron chi connectivity index (χ1n) is 11.8. The molecule has 0 aromatic heterocycles. The van der Waals surface area contributed by atoms with Gasteiger partial charge in [0.25, 0.3) is 0 Å². The fourth-order valence-corrected chi connectivity index (χ4v) is 5.25. The van der Waals surface area contributed by atoms with Crippen molar-refractivity contribution >= 4 is 5.91 Å². The number of rotatable bonds is 6. The summed E-state index contributed by atoms with van der Waals surface area (Å²) in [5, 5.41) is 3.14.